The summed E-state index contributed by atoms with van der Waals surface area (Å²) >= 11 is 0. The van der Waals surface area contributed by atoms with Gasteiger partial charge >= 0.3 is 5.97 Å². The van der Waals surface area contributed by atoms with Gasteiger partial charge in [0.15, 0.2) is 11.4 Å². The van der Waals surface area contributed by atoms with E-state index in [2.05, 4.69) is 13.8 Å². The maximum Gasteiger partial charge on any atom is 0.307 e. The van der Waals surface area contributed by atoms with Crippen molar-refractivity contribution in [3.63, 3.8) is 0 Å². The maximum absolute atomic E-state index is 12.8. The number of esters is 1. The molecule has 0 spiro atoms. The first-order chi connectivity index (χ1) is 12.3. The Morgan fingerprint density at radius 1 is 1.23 bits per heavy atom. The fourth-order valence-electron chi connectivity index (χ4n) is 6.72. The van der Waals surface area contributed by atoms with E-state index >= 15 is 0 Å². The molecule has 3 unspecified atom stereocenters. The van der Waals surface area contributed by atoms with Crippen molar-refractivity contribution in [3.8, 4) is 0 Å². The van der Waals surface area contributed by atoms with Gasteiger partial charge in [-0.05, 0) is 50.7 Å². The third-order valence-corrected chi connectivity index (χ3v) is 7.64. The Kier molecular flexibility index (Phi) is 3.95. The number of ketones is 1. The molecule has 3 aliphatic carbocycles. The van der Waals surface area contributed by atoms with E-state index in [1.165, 1.54) is 0 Å². The normalized spacial score (nSPS) is 47.0. The van der Waals surface area contributed by atoms with Gasteiger partial charge in [0.25, 0.3) is 0 Å². The molecule has 0 aromatic heterocycles. The molecule has 0 radical (unpaired) electrons. The van der Waals surface area contributed by atoms with E-state index in [9.17, 15) is 9.59 Å². The zero-order valence-electron chi connectivity index (χ0n) is 16.5. The Labute approximate surface area is 155 Å². The molecule has 5 nitrogen and oxygen atoms in total. The molecule has 5 heteroatoms. The third kappa shape index (κ3) is 1.79. The average Bonchev–Trinajstić information content (AvgIpc) is 2.92. The number of allylic oxidation sites excluding steroid dienone is 1. The molecule has 4 aliphatic rings. The van der Waals surface area contributed by atoms with Crippen molar-refractivity contribution in [2.75, 3.05) is 13.2 Å². The Bertz CT molecular complexity index is 697. The molecule has 2 saturated carbocycles. The molecule has 2 bridgehead atoms. The second-order valence-electron chi connectivity index (χ2n) is 8.67. The number of rotatable bonds is 4. The van der Waals surface area contributed by atoms with Crippen molar-refractivity contribution in [2.24, 2.45) is 17.3 Å². The van der Waals surface area contributed by atoms with E-state index in [-0.39, 0.29) is 29.7 Å². The average molecular weight is 362 g/mol. The second kappa shape index (κ2) is 5.65. The van der Waals surface area contributed by atoms with Gasteiger partial charge in [0, 0.05) is 31.0 Å². The molecule has 1 saturated heterocycles. The Hall–Kier alpha value is -1.20. The number of carbonyl (C=O) groups excluding carboxylic acids is 2. The molecule has 1 heterocycles. The summed E-state index contributed by atoms with van der Waals surface area (Å²) in [6.45, 7) is 11.2. The minimum atomic E-state index is -0.971. The highest BCUT2D eigenvalue weighted by Crippen LogP contribution is 2.73. The molecule has 0 N–H and O–H groups in total. The summed E-state index contributed by atoms with van der Waals surface area (Å²) in [5.41, 5.74) is -0.263. The monoisotopic (exact) mass is 362 g/mol. The second-order valence-corrected chi connectivity index (χ2v) is 8.67. The van der Waals surface area contributed by atoms with Crippen LogP contribution in [0.3, 0.4) is 0 Å². The topological polar surface area (TPSA) is 61.8 Å². The van der Waals surface area contributed by atoms with Crippen molar-refractivity contribution >= 4 is 11.8 Å². The standard InChI is InChI=1S/C21H30O5/c1-6-24-18-12(3)8-9-20(25-7-2)19(5)11-16(23)26-21(18,20)17-13(4)15(22)10-14(17)19/h12,14,18H,6-11H2,1-5H3/t12?,14-,18?,19-,20+,21?/m1/s1. The van der Waals surface area contributed by atoms with E-state index in [1.807, 2.05) is 20.8 Å². The largest absolute Gasteiger partial charge is 0.448 e. The van der Waals surface area contributed by atoms with Crippen LogP contribution in [0.2, 0.25) is 0 Å². The molecule has 4 rings (SSSR count). The fraction of sp³-hybridized carbons (Fsp3) is 0.810. The highest BCUT2D eigenvalue weighted by Gasteiger charge is 2.83. The number of hydrogen-bond donors (Lipinski definition) is 0. The minimum absolute atomic E-state index is 0.00116. The van der Waals surface area contributed by atoms with Crippen LogP contribution in [0.4, 0.5) is 0 Å². The van der Waals surface area contributed by atoms with Crippen molar-refractivity contribution in [2.45, 2.75) is 77.6 Å². The quantitative estimate of drug-likeness (QED) is 0.719. The lowest BCUT2D eigenvalue weighted by Crippen LogP contribution is -2.73. The summed E-state index contributed by atoms with van der Waals surface area (Å²) in [7, 11) is 0. The van der Waals surface area contributed by atoms with Gasteiger partial charge in [0.2, 0.25) is 0 Å². The predicted molar refractivity (Wildman–Crippen MR) is 95.5 cm³/mol. The van der Waals surface area contributed by atoms with Crippen molar-refractivity contribution in [1.82, 2.24) is 0 Å². The van der Waals surface area contributed by atoms with E-state index in [1.54, 1.807) is 0 Å². The minimum Gasteiger partial charge on any atom is -0.448 e. The van der Waals surface area contributed by atoms with Gasteiger partial charge in [-0.1, -0.05) is 13.8 Å². The van der Waals surface area contributed by atoms with Crippen LogP contribution in [0.1, 0.15) is 60.3 Å². The van der Waals surface area contributed by atoms with Crippen molar-refractivity contribution in [3.05, 3.63) is 11.1 Å². The van der Waals surface area contributed by atoms with Crippen LogP contribution in [0.25, 0.3) is 0 Å². The molecule has 1 aliphatic heterocycles. The van der Waals surface area contributed by atoms with Crippen LogP contribution in [-0.2, 0) is 23.8 Å². The van der Waals surface area contributed by atoms with Gasteiger partial charge in [0.05, 0.1) is 6.42 Å². The molecule has 6 atom stereocenters. The van der Waals surface area contributed by atoms with Crippen LogP contribution in [0, 0.1) is 17.3 Å². The summed E-state index contributed by atoms with van der Waals surface area (Å²) < 4.78 is 19.0. The van der Waals surface area contributed by atoms with Crippen molar-refractivity contribution in [1.29, 1.82) is 0 Å². The first-order valence-corrected chi connectivity index (χ1v) is 10.0. The lowest BCUT2D eigenvalue weighted by Gasteiger charge is -2.61. The van der Waals surface area contributed by atoms with Gasteiger partial charge in [-0.2, -0.15) is 0 Å². The molecule has 3 fully saturated rings. The highest BCUT2D eigenvalue weighted by molar-refractivity contribution is 6.00. The lowest BCUT2D eigenvalue weighted by atomic mass is 9.56. The summed E-state index contributed by atoms with van der Waals surface area (Å²) in [5.74, 6) is 0.214. The van der Waals surface area contributed by atoms with E-state index in [0.717, 1.165) is 24.0 Å². The van der Waals surface area contributed by atoms with Gasteiger partial charge < -0.3 is 14.2 Å². The molecule has 144 valence electrons. The summed E-state index contributed by atoms with van der Waals surface area (Å²) in [6.07, 6.45) is 2.27. The van der Waals surface area contributed by atoms with Gasteiger partial charge in [-0.15, -0.1) is 0 Å². The molecule has 26 heavy (non-hydrogen) atoms. The van der Waals surface area contributed by atoms with E-state index in [4.69, 9.17) is 14.2 Å². The van der Waals surface area contributed by atoms with Gasteiger partial charge in [-0.25, -0.2) is 0 Å². The number of ether oxygens (including phenoxy) is 3. The predicted octanol–water partition coefficient (Wildman–Crippen LogP) is 3.21. The van der Waals surface area contributed by atoms with Gasteiger partial charge in [-0.3, -0.25) is 9.59 Å². The molecular formula is C21H30O5. The van der Waals surface area contributed by atoms with Crippen LogP contribution in [-0.4, -0.2) is 42.3 Å². The Balaban J connectivity index is 2.05. The number of fused-ring (bicyclic) bond motifs is 2. The Morgan fingerprint density at radius 2 is 1.96 bits per heavy atom. The summed E-state index contributed by atoms with van der Waals surface area (Å²) in [4.78, 5) is 25.4. The summed E-state index contributed by atoms with van der Waals surface area (Å²) in [5, 5.41) is 0. The summed E-state index contributed by atoms with van der Waals surface area (Å²) in [6, 6.07) is 0. The van der Waals surface area contributed by atoms with E-state index in [0.29, 0.717) is 26.1 Å². The fourth-order valence-corrected chi connectivity index (χ4v) is 6.72. The zero-order chi connectivity index (χ0) is 18.9. The van der Waals surface area contributed by atoms with Crippen LogP contribution >= 0.6 is 0 Å². The lowest BCUT2D eigenvalue weighted by molar-refractivity contribution is -0.295. The van der Waals surface area contributed by atoms with E-state index < -0.39 is 16.6 Å². The molecule has 0 aromatic rings. The zero-order valence-corrected chi connectivity index (χ0v) is 16.5. The molecule has 0 amide bonds. The highest BCUT2D eigenvalue weighted by atomic mass is 16.6. The smallest absolute Gasteiger partial charge is 0.307 e. The maximum atomic E-state index is 12.8. The molecular weight excluding hydrogens is 332 g/mol. The Morgan fingerprint density at radius 3 is 2.62 bits per heavy atom. The van der Waals surface area contributed by atoms with Crippen molar-refractivity contribution < 1.29 is 23.8 Å². The SMILES string of the molecule is CCOC1C(C)CC[C@@]2(OCC)C13OC(=O)C[C@]2(C)[C@@H]1CC(=O)C(C)=C13. The number of hydrogen-bond acceptors (Lipinski definition) is 5. The van der Waals surface area contributed by atoms with Crippen LogP contribution in [0.15, 0.2) is 11.1 Å². The first kappa shape index (κ1) is 18.2. The van der Waals surface area contributed by atoms with Crippen LogP contribution in [0.5, 0.6) is 0 Å². The number of Topliss-reactive ketones (excluding diaryl/α,β-unsaturated/α-hetero) is 1. The van der Waals surface area contributed by atoms with Gasteiger partial charge in [0.1, 0.15) is 11.7 Å². The third-order valence-electron chi connectivity index (χ3n) is 7.64. The molecule has 0 aromatic carbocycles. The van der Waals surface area contributed by atoms with Crippen LogP contribution < -0.4 is 0 Å². The number of carbonyl (C=O) groups is 2. The first-order valence-electron chi connectivity index (χ1n) is 10.0.